The molecule has 2 rings (SSSR count). The molecule has 2 nitrogen and oxygen atoms in total. The van der Waals surface area contributed by atoms with Gasteiger partial charge in [-0.2, -0.15) is 0 Å². The molecule has 3 N–H and O–H groups in total. The minimum absolute atomic E-state index is 0.124. The fourth-order valence-electron chi connectivity index (χ4n) is 2.93. The molecule has 1 unspecified atom stereocenters. The molecule has 0 radical (unpaired) electrons. The maximum absolute atomic E-state index is 10.2. The molecule has 1 aliphatic rings. The molecule has 0 saturated heterocycles. The first-order chi connectivity index (χ1) is 8.75. The topological polar surface area (TPSA) is 46.2 Å². The van der Waals surface area contributed by atoms with E-state index in [0.29, 0.717) is 12.0 Å². The first-order valence-electron chi connectivity index (χ1n) is 7.23. The first-order valence-corrected chi connectivity index (χ1v) is 7.23. The van der Waals surface area contributed by atoms with Crippen LogP contribution in [0.2, 0.25) is 0 Å². The smallest absolute Gasteiger partial charge is 0.0568 e. The van der Waals surface area contributed by atoms with E-state index in [9.17, 15) is 5.11 Å². The molecule has 1 saturated carbocycles. The van der Waals surface area contributed by atoms with Gasteiger partial charge in [0.2, 0.25) is 0 Å². The molecule has 1 aliphatic carbocycles. The minimum atomic E-state index is -0.124. The van der Waals surface area contributed by atoms with Gasteiger partial charge in [-0.15, -0.1) is 0 Å². The van der Waals surface area contributed by atoms with E-state index in [1.807, 2.05) is 6.07 Å². The lowest BCUT2D eigenvalue weighted by Gasteiger charge is -2.29. The van der Waals surface area contributed by atoms with E-state index in [-0.39, 0.29) is 6.10 Å². The quantitative estimate of drug-likeness (QED) is 0.840. The minimum Gasteiger partial charge on any atom is -0.393 e. The SMILES string of the molecule is N[C@H]1CC[C@H](C(O)CCCc2ccccc2)CC1. The summed E-state index contributed by atoms with van der Waals surface area (Å²) in [5, 5.41) is 10.2. The Kier molecular flexibility index (Phi) is 5.21. The van der Waals surface area contributed by atoms with Crippen LogP contribution in [-0.2, 0) is 6.42 Å². The second-order valence-electron chi connectivity index (χ2n) is 5.62. The van der Waals surface area contributed by atoms with E-state index >= 15 is 0 Å². The van der Waals surface area contributed by atoms with Crippen molar-refractivity contribution < 1.29 is 5.11 Å². The van der Waals surface area contributed by atoms with Crippen molar-refractivity contribution in [2.24, 2.45) is 11.7 Å². The fraction of sp³-hybridized carbons (Fsp3) is 0.625. The van der Waals surface area contributed by atoms with E-state index in [0.717, 1.165) is 44.9 Å². The van der Waals surface area contributed by atoms with Crippen molar-refractivity contribution >= 4 is 0 Å². The Morgan fingerprint density at radius 2 is 1.78 bits per heavy atom. The normalized spacial score (nSPS) is 25.9. The molecular formula is C16H25NO. The Balaban J connectivity index is 1.67. The summed E-state index contributed by atoms with van der Waals surface area (Å²) in [6.07, 6.45) is 7.33. The van der Waals surface area contributed by atoms with Crippen LogP contribution >= 0.6 is 0 Å². The summed E-state index contributed by atoms with van der Waals surface area (Å²) < 4.78 is 0. The third-order valence-electron chi connectivity index (χ3n) is 4.17. The Morgan fingerprint density at radius 1 is 1.11 bits per heavy atom. The predicted molar refractivity (Wildman–Crippen MR) is 75.3 cm³/mol. The highest BCUT2D eigenvalue weighted by molar-refractivity contribution is 5.14. The summed E-state index contributed by atoms with van der Waals surface area (Å²) in [5.41, 5.74) is 7.26. The zero-order chi connectivity index (χ0) is 12.8. The third kappa shape index (κ3) is 4.11. The summed E-state index contributed by atoms with van der Waals surface area (Å²) in [7, 11) is 0. The predicted octanol–water partition coefficient (Wildman–Crippen LogP) is 2.89. The lowest BCUT2D eigenvalue weighted by Crippen LogP contribution is -2.31. The van der Waals surface area contributed by atoms with Crippen LogP contribution in [0.15, 0.2) is 30.3 Å². The van der Waals surface area contributed by atoms with Crippen molar-refractivity contribution in [3.05, 3.63) is 35.9 Å². The Hall–Kier alpha value is -0.860. The number of benzene rings is 1. The molecule has 0 heterocycles. The van der Waals surface area contributed by atoms with Gasteiger partial charge in [-0.1, -0.05) is 30.3 Å². The number of aliphatic hydroxyl groups excluding tert-OH is 1. The summed E-state index contributed by atoms with van der Waals surface area (Å²) in [6.45, 7) is 0. The Morgan fingerprint density at radius 3 is 2.44 bits per heavy atom. The Labute approximate surface area is 110 Å². The van der Waals surface area contributed by atoms with Crippen molar-refractivity contribution in [2.45, 2.75) is 57.1 Å². The van der Waals surface area contributed by atoms with Crippen LogP contribution in [0.25, 0.3) is 0 Å². The van der Waals surface area contributed by atoms with Crippen molar-refractivity contribution in [1.29, 1.82) is 0 Å². The maximum Gasteiger partial charge on any atom is 0.0568 e. The van der Waals surface area contributed by atoms with Crippen LogP contribution in [0, 0.1) is 5.92 Å². The van der Waals surface area contributed by atoms with Crippen LogP contribution in [0.5, 0.6) is 0 Å². The summed E-state index contributed by atoms with van der Waals surface area (Å²) in [5.74, 6) is 0.487. The molecule has 0 amide bonds. The second-order valence-corrected chi connectivity index (χ2v) is 5.62. The van der Waals surface area contributed by atoms with E-state index < -0.39 is 0 Å². The van der Waals surface area contributed by atoms with Crippen molar-refractivity contribution in [2.75, 3.05) is 0 Å². The van der Waals surface area contributed by atoms with E-state index in [4.69, 9.17) is 5.73 Å². The summed E-state index contributed by atoms with van der Waals surface area (Å²) in [6, 6.07) is 10.9. The Bertz CT molecular complexity index is 330. The lowest BCUT2D eigenvalue weighted by atomic mass is 9.81. The largest absolute Gasteiger partial charge is 0.393 e. The fourth-order valence-corrected chi connectivity index (χ4v) is 2.93. The van der Waals surface area contributed by atoms with Crippen LogP contribution in [0.3, 0.4) is 0 Å². The van der Waals surface area contributed by atoms with Crippen molar-refractivity contribution in [3.8, 4) is 0 Å². The highest BCUT2D eigenvalue weighted by Crippen LogP contribution is 2.28. The molecule has 2 heteroatoms. The molecule has 0 bridgehead atoms. The van der Waals surface area contributed by atoms with Crippen LogP contribution < -0.4 is 5.73 Å². The number of nitrogens with two attached hydrogens (primary N) is 1. The first kappa shape index (κ1) is 13.6. The van der Waals surface area contributed by atoms with Crippen LogP contribution in [-0.4, -0.2) is 17.3 Å². The monoisotopic (exact) mass is 247 g/mol. The molecule has 18 heavy (non-hydrogen) atoms. The van der Waals surface area contributed by atoms with Gasteiger partial charge in [0.05, 0.1) is 6.10 Å². The summed E-state index contributed by atoms with van der Waals surface area (Å²) in [4.78, 5) is 0. The number of rotatable bonds is 5. The second kappa shape index (κ2) is 6.91. The number of aliphatic hydroxyl groups is 1. The van der Waals surface area contributed by atoms with Gasteiger partial charge in [0.1, 0.15) is 0 Å². The highest BCUT2D eigenvalue weighted by Gasteiger charge is 2.24. The molecule has 1 aromatic rings. The average Bonchev–Trinajstić information content (AvgIpc) is 2.40. The van der Waals surface area contributed by atoms with Gasteiger partial charge in [0.25, 0.3) is 0 Å². The third-order valence-corrected chi connectivity index (χ3v) is 4.17. The number of aryl methyl sites for hydroxylation is 1. The number of hydrogen-bond acceptors (Lipinski definition) is 2. The maximum atomic E-state index is 10.2. The van der Waals surface area contributed by atoms with Crippen LogP contribution in [0.4, 0.5) is 0 Å². The molecular weight excluding hydrogens is 222 g/mol. The summed E-state index contributed by atoms with van der Waals surface area (Å²) >= 11 is 0. The van der Waals surface area contributed by atoms with Crippen molar-refractivity contribution in [1.82, 2.24) is 0 Å². The number of hydrogen-bond donors (Lipinski definition) is 2. The molecule has 0 aliphatic heterocycles. The van der Waals surface area contributed by atoms with E-state index in [2.05, 4.69) is 24.3 Å². The molecule has 100 valence electrons. The molecule has 1 aromatic carbocycles. The van der Waals surface area contributed by atoms with Gasteiger partial charge in [0.15, 0.2) is 0 Å². The van der Waals surface area contributed by atoms with Gasteiger partial charge in [0, 0.05) is 6.04 Å². The van der Waals surface area contributed by atoms with Gasteiger partial charge in [-0.05, 0) is 56.4 Å². The zero-order valence-electron chi connectivity index (χ0n) is 11.1. The van der Waals surface area contributed by atoms with Crippen LogP contribution in [0.1, 0.15) is 44.1 Å². The lowest BCUT2D eigenvalue weighted by molar-refractivity contribution is 0.0724. The standard InChI is InChI=1S/C16H25NO/c17-15-11-9-14(10-12-15)16(18)8-4-7-13-5-2-1-3-6-13/h1-3,5-6,14-16,18H,4,7-12,17H2/t14-,15-,16?. The average molecular weight is 247 g/mol. The molecule has 1 atom stereocenters. The van der Waals surface area contributed by atoms with E-state index in [1.165, 1.54) is 5.56 Å². The van der Waals surface area contributed by atoms with Gasteiger partial charge < -0.3 is 10.8 Å². The highest BCUT2D eigenvalue weighted by atomic mass is 16.3. The van der Waals surface area contributed by atoms with Crippen molar-refractivity contribution in [3.63, 3.8) is 0 Å². The zero-order valence-corrected chi connectivity index (χ0v) is 11.1. The van der Waals surface area contributed by atoms with Gasteiger partial charge >= 0.3 is 0 Å². The van der Waals surface area contributed by atoms with Gasteiger partial charge in [-0.25, -0.2) is 0 Å². The van der Waals surface area contributed by atoms with Gasteiger partial charge in [-0.3, -0.25) is 0 Å². The molecule has 1 fully saturated rings. The van der Waals surface area contributed by atoms with E-state index in [1.54, 1.807) is 0 Å². The molecule has 0 spiro atoms. The molecule has 0 aromatic heterocycles.